The highest BCUT2D eigenvalue weighted by atomic mass is 15.2. The molecule has 3 N–H and O–H groups in total. The van der Waals surface area contributed by atoms with Crippen LogP contribution in [0.5, 0.6) is 0 Å². The molecule has 1 aromatic rings. The van der Waals surface area contributed by atoms with E-state index in [0.717, 1.165) is 26.1 Å². The van der Waals surface area contributed by atoms with Crippen molar-refractivity contribution in [1.29, 1.82) is 0 Å². The molecule has 0 aromatic heterocycles. The van der Waals surface area contributed by atoms with Gasteiger partial charge in [0.05, 0.1) is 6.54 Å². The molecule has 0 radical (unpaired) electrons. The van der Waals surface area contributed by atoms with Gasteiger partial charge in [-0.05, 0) is 45.2 Å². The smallest absolute Gasteiger partial charge is 0.189 e. The summed E-state index contributed by atoms with van der Waals surface area (Å²) in [5.74, 6) is 0.534. The van der Waals surface area contributed by atoms with Gasteiger partial charge in [-0.15, -0.1) is 0 Å². The lowest BCUT2D eigenvalue weighted by Crippen LogP contribution is -2.46. The van der Waals surface area contributed by atoms with Crippen LogP contribution in [0.1, 0.15) is 38.8 Å². The van der Waals surface area contributed by atoms with Crippen LogP contribution in [0.15, 0.2) is 29.3 Å². The highest BCUT2D eigenvalue weighted by Crippen LogP contribution is 2.20. The molecule has 4 nitrogen and oxygen atoms in total. The van der Waals surface area contributed by atoms with Crippen molar-refractivity contribution in [3.63, 3.8) is 0 Å². The summed E-state index contributed by atoms with van der Waals surface area (Å²) < 4.78 is 0. The lowest BCUT2D eigenvalue weighted by atomic mass is 9.99. The number of nitrogens with one attached hydrogen (secondary N) is 1. The van der Waals surface area contributed by atoms with Crippen molar-refractivity contribution in [2.24, 2.45) is 10.7 Å². The average Bonchev–Trinajstić information content (AvgIpc) is 2.42. The Morgan fingerprint density at radius 2 is 2.00 bits per heavy atom. The Morgan fingerprint density at radius 3 is 2.67 bits per heavy atom. The second-order valence-electron chi connectivity index (χ2n) is 6.94. The van der Waals surface area contributed by atoms with Crippen molar-refractivity contribution in [3.8, 4) is 0 Å². The summed E-state index contributed by atoms with van der Waals surface area (Å²) >= 11 is 0. The third-order valence-corrected chi connectivity index (χ3v) is 3.81. The molecular formula is C17H28N4. The molecule has 1 aromatic carbocycles. The molecule has 0 saturated carbocycles. The van der Waals surface area contributed by atoms with Gasteiger partial charge in [0.25, 0.3) is 0 Å². The molecule has 2 rings (SSSR count). The first-order chi connectivity index (χ1) is 9.85. The van der Waals surface area contributed by atoms with Gasteiger partial charge in [0, 0.05) is 24.7 Å². The Kier molecular flexibility index (Phi) is 4.88. The van der Waals surface area contributed by atoms with Gasteiger partial charge >= 0.3 is 0 Å². The number of rotatable bonds is 3. The minimum atomic E-state index is -0.0408. The van der Waals surface area contributed by atoms with Crippen molar-refractivity contribution in [2.45, 2.75) is 52.2 Å². The van der Waals surface area contributed by atoms with Crippen molar-refractivity contribution in [2.75, 3.05) is 13.1 Å². The van der Waals surface area contributed by atoms with Gasteiger partial charge in [0.15, 0.2) is 5.96 Å². The Bertz CT molecular complexity index is 502. The lowest BCUT2D eigenvalue weighted by Gasteiger charge is -2.33. The average molecular weight is 288 g/mol. The molecule has 1 aliphatic rings. The van der Waals surface area contributed by atoms with E-state index in [1.165, 1.54) is 11.1 Å². The molecule has 1 unspecified atom stereocenters. The van der Waals surface area contributed by atoms with Crippen LogP contribution in [-0.2, 0) is 13.0 Å². The third kappa shape index (κ3) is 4.74. The van der Waals surface area contributed by atoms with Crippen LogP contribution < -0.4 is 11.1 Å². The number of guanidine groups is 1. The molecule has 4 heteroatoms. The minimum absolute atomic E-state index is 0.0408. The second kappa shape index (κ2) is 6.48. The summed E-state index contributed by atoms with van der Waals surface area (Å²) in [6, 6.07) is 9.12. The fourth-order valence-corrected chi connectivity index (χ4v) is 2.66. The topological polar surface area (TPSA) is 53.6 Å². The fourth-order valence-electron chi connectivity index (χ4n) is 2.66. The molecule has 21 heavy (non-hydrogen) atoms. The molecule has 0 aliphatic carbocycles. The zero-order chi connectivity index (χ0) is 15.5. The van der Waals surface area contributed by atoms with Crippen LogP contribution in [0.2, 0.25) is 0 Å². The number of hydrogen-bond donors (Lipinski definition) is 2. The van der Waals surface area contributed by atoms with Crippen LogP contribution in [0, 0.1) is 0 Å². The van der Waals surface area contributed by atoms with E-state index in [2.05, 4.69) is 67.2 Å². The first-order valence-electron chi connectivity index (χ1n) is 7.74. The Balaban J connectivity index is 1.90. The van der Waals surface area contributed by atoms with Gasteiger partial charge in [-0.1, -0.05) is 24.3 Å². The van der Waals surface area contributed by atoms with Crippen molar-refractivity contribution in [3.05, 3.63) is 35.4 Å². The standard InChI is InChI=1S/C17H28N4/c1-13(11-19-16(18)20-17(2,3)4)21-10-9-14-7-5-6-8-15(14)12-21/h5-8,13H,9-12H2,1-4H3,(H3,18,19,20). The van der Waals surface area contributed by atoms with E-state index in [4.69, 9.17) is 5.73 Å². The summed E-state index contributed by atoms with van der Waals surface area (Å²) in [5, 5.41) is 3.20. The molecule has 0 saturated heterocycles. The van der Waals surface area contributed by atoms with Crippen molar-refractivity contribution in [1.82, 2.24) is 10.2 Å². The first kappa shape index (κ1) is 15.8. The fraction of sp³-hybridized carbons (Fsp3) is 0.588. The van der Waals surface area contributed by atoms with Gasteiger partial charge in [0.1, 0.15) is 0 Å². The summed E-state index contributed by atoms with van der Waals surface area (Å²) in [7, 11) is 0. The first-order valence-corrected chi connectivity index (χ1v) is 7.74. The van der Waals surface area contributed by atoms with Crippen molar-refractivity contribution >= 4 is 5.96 Å². The Hall–Kier alpha value is -1.55. The summed E-state index contributed by atoms with van der Waals surface area (Å²) in [6.45, 7) is 11.3. The molecule has 1 heterocycles. The summed E-state index contributed by atoms with van der Waals surface area (Å²) in [6.07, 6.45) is 1.12. The van der Waals surface area contributed by atoms with Crippen LogP contribution in [0.25, 0.3) is 0 Å². The van der Waals surface area contributed by atoms with Gasteiger partial charge in [0.2, 0.25) is 0 Å². The van der Waals surface area contributed by atoms with E-state index >= 15 is 0 Å². The van der Waals surface area contributed by atoms with Crippen LogP contribution >= 0.6 is 0 Å². The number of nitrogens with two attached hydrogens (primary N) is 1. The van der Waals surface area contributed by atoms with Gasteiger partial charge < -0.3 is 11.1 Å². The zero-order valence-electron chi connectivity index (χ0n) is 13.7. The highest BCUT2D eigenvalue weighted by molar-refractivity contribution is 5.78. The molecule has 0 fully saturated rings. The monoisotopic (exact) mass is 288 g/mol. The maximum atomic E-state index is 5.93. The van der Waals surface area contributed by atoms with Crippen LogP contribution in [0.3, 0.4) is 0 Å². The maximum Gasteiger partial charge on any atom is 0.189 e. The highest BCUT2D eigenvalue weighted by Gasteiger charge is 2.20. The molecule has 0 amide bonds. The van der Waals surface area contributed by atoms with E-state index in [1.807, 2.05) is 0 Å². The third-order valence-electron chi connectivity index (χ3n) is 3.81. The number of aliphatic imine (C=N–C) groups is 1. The normalized spacial score (nSPS) is 18.2. The SMILES string of the molecule is CC(CN=C(N)NC(C)(C)C)N1CCc2ccccc2C1. The Morgan fingerprint density at radius 1 is 1.33 bits per heavy atom. The number of benzene rings is 1. The predicted octanol–water partition coefficient (Wildman–Crippen LogP) is 2.14. The molecule has 0 spiro atoms. The van der Waals surface area contributed by atoms with Crippen LogP contribution in [0.4, 0.5) is 0 Å². The van der Waals surface area contributed by atoms with E-state index < -0.39 is 0 Å². The molecule has 1 aliphatic heterocycles. The largest absolute Gasteiger partial charge is 0.370 e. The van der Waals surface area contributed by atoms with Gasteiger partial charge in [-0.3, -0.25) is 9.89 Å². The molecule has 116 valence electrons. The van der Waals surface area contributed by atoms with E-state index in [-0.39, 0.29) is 5.54 Å². The summed E-state index contributed by atoms with van der Waals surface area (Å²) in [4.78, 5) is 6.96. The Labute approximate surface area is 128 Å². The lowest BCUT2D eigenvalue weighted by molar-refractivity contribution is 0.195. The van der Waals surface area contributed by atoms with E-state index in [0.29, 0.717) is 12.0 Å². The molecule has 0 bridgehead atoms. The van der Waals surface area contributed by atoms with Crippen molar-refractivity contribution < 1.29 is 0 Å². The van der Waals surface area contributed by atoms with Gasteiger partial charge in [-0.2, -0.15) is 0 Å². The van der Waals surface area contributed by atoms with E-state index in [1.54, 1.807) is 0 Å². The zero-order valence-corrected chi connectivity index (χ0v) is 13.7. The van der Waals surface area contributed by atoms with Gasteiger partial charge in [-0.25, -0.2) is 0 Å². The minimum Gasteiger partial charge on any atom is -0.370 e. The van der Waals surface area contributed by atoms with E-state index in [9.17, 15) is 0 Å². The molecular weight excluding hydrogens is 260 g/mol. The number of fused-ring (bicyclic) bond motifs is 1. The maximum absolute atomic E-state index is 5.93. The molecule has 1 atom stereocenters. The predicted molar refractivity (Wildman–Crippen MR) is 89.4 cm³/mol. The second-order valence-corrected chi connectivity index (χ2v) is 6.94. The summed E-state index contributed by atoms with van der Waals surface area (Å²) in [5.41, 5.74) is 8.82. The quantitative estimate of drug-likeness (QED) is 0.662. The number of hydrogen-bond acceptors (Lipinski definition) is 2. The number of nitrogens with zero attached hydrogens (tertiary/aromatic N) is 2. The van der Waals surface area contributed by atoms with Crippen LogP contribution in [-0.4, -0.2) is 35.5 Å².